The van der Waals surface area contributed by atoms with E-state index in [1.165, 1.54) is 19.2 Å². The lowest BCUT2D eigenvalue weighted by Crippen LogP contribution is -2.38. The average Bonchev–Trinajstić information content (AvgIpc) is 2.27. The molecule has 0 aliphatic rings. The molecule has 0 spiro atoms. The normalized spacial score (nSPS) is 12.4. The van der Waals surface area contributed by atoms with Crippen LogP contribution in [0, 0.1) is 0 Å². The number of alkyl halides is 3. The van der Waals surface area contributed by atoms with Gasteiger partial charge in [0.25, 0.3) is 0 Å². The number of carbonyl (C=O) groups is 1. The fourth-order valence-electron chi connectivity index (χ4n) is 1.53. The molecular weight excluding hydrogens is 231 g/mol. The molecule has 1 N–H and O–H groups in total. The minimum Gasteiger partial charge on any atom is -0.358 e. The van der Waals surface area contributed by atoms with Gasteiger partial charge in [-0.25, -0.2) is 0 Å². The molecule has 0 saturated carbocycles. The van der Waals surface area contributed by atoms with Gasteiger partial charge in [0, 0.05) is 7.05 Å². The molecule has 0 heterocycles. The van der Waals surface area contributed by atoms with Crippen LogP contribution in [0.2, 0.25) is 0 Å². The van der Waals surface area contributed by atoms with Gasteiger partial charge in [-0.3, -0.25) is 4.79 Å². The molecule has 0 unspecified atom stereocenters. The Balaban J connectivity index is 3.20. The van der Waals surface area contributed by atoms with E-state index in [2.05, 4.69) is 5.32 Å². The topological polar surface area (TPSA) is 29.1 Å². The van der Waals surface area contributed by atoms with Crippen LogP contribution in [-0.4, -0.2) is 13.0 Å². The van der Waals surface area contributed by atoms with E-state index in [0.717, 1.165) is 12.1 Å². The van der Waals surface area contributed by atoms with Gasteiger partial charge in [-0.15, -0.1) is 0 Å². The summed E-state index contributed by atoms with van der Waals surface area (Å²) in [5.74, 6) is -0.322. The summed E-state index contributed by atoms with van der Waals surface area (Å²) in [6, 6.07) is 4.83. The molecule has 1 aromatic rings. The largest absolute Gasteiger partial charge is 0.416 e. The Labute approximate surface area is 97.8 Å². The molecule has 2 nitrogen and oxygen atoms in total. The predicted molar refractivity (Wildman–Crippen MR) is 58.5 cm³/mol. The van der Waals surface area contributed by atoms with Gasteiger partial charge in [-0.1, -0.05) is 18.2 Å². The molecule has 1 rings (SSSR count). The lowest BCUT2D eigenvalue weighted by molar-refractivity contribution is -0.137. The maximum Gasteiger partial charge on any atom is 0.416 e. The average molecular weight is 245 g/mol. The standard InChI is InChI=1S/C12H14F3NO/c1-11(2,10(17)16-3)8-5-4-6-9(7-8)12(13,14)15/h4-7H,1-3H3,(H,16,17). The van der Waals surface area contributed by atoms with E-state index in [0.29, 0.717) is 5.56 Å². The SMILES string of the molecule is CNC(=O)C(C)(C)c1cccc(C(F)(F)F)c1. The molecule has 1 amide bonds. The molecule has 1 aromatic carbocycles. The summed E-state index contributed by atoms with van der Waals surface area (Å²) >= 11 is 0. The van der Waals surface area contributed by atoms with Crippen LogP contribution in [0.15, 0.2) is 24.3 Å². The molecule has 0 aliphatic carbocycles. The molecular formula is C12H14F3NO. The Kier molecular flexibility index (Phi) is 3.50. The number of hydrogen-bond acceptors (Lipinski definition) is 1. The Hall–Kier alpha value is -1.52. The van der Waals surface area contributed by atoms with Crippen molar-refractivity contribution in [1.82, 2.24) is 5.32 Å². The molecule has 0 radical (unpaired) electrons. The van der Waals surface area contributed by atoms with Crippen LogP contribution in [0.1, 0.15) is 25.0 Å². The van der Waals surface area contributed by atoms with Crippen LogP contribution in [0.5, 0.6) is 0 Å². The summed E-state index contributed by atoms with van der Waals surface area (Å²) in [5, 5.41) is 2.44. The second-order valence-electron chi connectivity index (χ2n) is 4.28. The number of halogens is 3. The molecule has 17 heavy (non-hydrogen) atoms. The first-order chi connectivity index (χ1) is 7.69. The number of benzene rings is 1. The third kappa shape index (κ3) is 2.78. The van der Waals surface area contributed by atoms with Gasteiger partial charge in [0.05, 0.1) is 11.0 Å². The summed E-state index contributed by atoms with van der Waals surface area (Å²) in [6.45, 7) is 3.17. The van der Waals surface area contributed by atoms with Gasteiger partial charge < -0.3 is 5.32 Å². The van der Waals surface area contributed by atoms with E-state index in [1.807, 2.05) is 0 Å². The Morgan fingerprint density at radius 3 is 2.18 bits per heavy atom. The van der Waals surface area contributed by atoms with Crippen LogP contribution >= 0.6 is 0 Å². The third-order valence-electron chi connectivity index (χ3n) is 2.71. The van der Waals surface area contributed by atoms with E-state index >= 15 is 0 Å². The Bertz CT molecular complexity index is 424. The number of hydrogen-bond donors (Lipinski definition) is 1. The fourth-order valence-corrected chi connectivity index (χ4v) is 1.53. The molecule has 0 fully saturated rings. The van der Waals surface area contributed by atoms with E-state index in [9.17, 15) is 18.0 Å². The van der Waals surface area contributed by atoms with Gasteiger partial charge in [-0.2, -0.15) is 13.2 Å². The maximum atomic E-state index is 12.5. The first kappa shape index (κ1) is 13.5. The highest BCUT2D eigenvalue weighted by molar-refractivity contribution is 5.87. The number of nitrogens with one attached hydrogen (secondary N) is 1. The van der Waals surface area contributed by atoms with Gasteiger partial charge in [0.15, 0.2) is 0 Å². The van der Waals surface area contributed by atoms with Gasteiger partial charge in [0.1, 0.15) is 0 Å². The van der Waals surface area contributed by atoms with Crippen LogP contribution < -0.4 is 5.32 Å². The number of likely N-dealkylation sites (N-methyl/N-ethyl adjacent to an activating group) is 1. The highest BCUT2D eigenvalue weighted by Crippen LogP contribution is 2.32. The molecule has 0 atom stereocenters. The zero-order valence-corrected chi connectivity index (χ0v) is 9.85. The number of carbonyl (C=O) groups excluding carboxylic acids is 1. The van der Waals surface area contributed by atoms with Crippen molar-refractivity contribution in [1.29, 1.82) is 0 Å². The molecule has 94 valence electrons. The zero-order chi connectivity index (χ0) is 13.3. The monoisotopic (exact) mass is 245 g/mol. The van der Waals surface area contributed by atoms with Crippen LogP contribution in [0.3, 0.4) is 0 Å². The first-order valence-electron chi connectivity index (χ1n) is 5.09. The van der Waals surface area contributed by atoms with Crippen molar-refractivity contribution in [3.63, 3.8) is 0 Å². The number of rotatable bonds is 2. The molecule has 5 heteroatoms. The van der Waals surface area contributed by atoms with Crippen LogP contribution in [0.4, 0.5) is 13.2 Å². The number of amides is 1. The van der Waals surface area contributed by atoms with Gasteiger partial charge in [-0.05, 0) is 25.5 Å². The van der Waals surface area contributed by atoms with Crippen molar-refractivity contribution in [2.45, 2.75) is 25.4 Å². The predicted octanol–water partition coefficient (Wildman–Crippen LogP) is 2.73. The van der Waals surface area contributed by atoms with Crippen molar-refractivity contribution in [3.05, 3.63) is 35.4 Å². The summed E-state index contributed by atoms with van der Waals surface area (Å²) in [7, 11) is 1.46. The van der Waals surface area contributed by atoms with Crippen LogP contribution in [0.25, 0.3) is 0 Å². The van der Waals surface area contributed by atoms with Gasteiger partial charge in [0.2, 0.25) is 5.91 Å². The highest BCUT2D eigenvalue weighted by atomic mass is 19.4. The minimum atomic E-state index is -4.39. The summed E-state index contributed by atoms with van der Waals surface area (Å²) in [6.07, 6.45) is -4.39. The summed E-state index contributed by atoms with van der Waals surface area (Å²) in [4.78, 5) is 11.6. The lowest BCUT2D eigenvalue weighted by Gasteiger charge is -2.24. The smallest absolute Gasteiger partial charge is 0.358 e. The second kappa shape index (κ2) is 4.39. The fraction of sp³-hybridized carbons (Fsp3) is 0.417. The van der Waals surface area contributed by atoms with Crippen LogP contribution in [-0.2, 0) is 16.4 Å². The first-order valence-corrected chi connectivity index (χ1v) is 5.09. The van der Waals surface area contributed by atoms with Crippen molar-refractivity contribution in [3.8, 4) is 0 Å². The van der Waals surface area contributed by atoms with E-state index in [1.54, 1.807) is 13.8 Å². The molecule has 0 saturated heterocycles. The summed E-state index contributed by atoms with van der Waals surface area (Å²) in [5.41, 5.74) is -1.39. The quantitative estimate of drug-likeness (QED) is 0.852. The summed E-state index contributed by atoms with van der Waals surface area (Å²) < 4.78 is 37.6. The van der Waals surface area contributed by atoms with Gasteiger partial charge >= 0.3 is 6.18 Å². The van der Waals surface area contributed by atoms with E-state index in [4.69, 9.17) is 0 Å². The Morgan fingerprint density at radius 1 is 1.18 bits per heavy atom. The van der Waals surface area contributed by atoms with E-state index in [-0.39, 0.29) is 5.91 Å². The third-order valence-corrected chi connectivity index (χ3v) is 2.71. The lowest BCUT2D eigenvalue weighted by atomic mass is 9.83. The Morgan fingerprint density at radius 2 is 1.71 bits per heavy atom. The molecule has 0 aromatic heterocycles. The van der Waals surface area contributed by atoms with Crippen molar-refractivity contribution >= 4 is 5.91 Å². The zero-order valence-electron chi connectivity index (χ0n) is 9.85. The molecule has 0 aliphatic heterocycles. The van der Waals surface area contributed by atoms with Crippen molar-refractivity contribution in [2.24, 2.45) is 0 Å². The van der Waals surface area contributed by atoms with E-state index < -0.39 is 17.2 Å². The van der Waals surface area contributed by atoms with Crippen molar-refractivity contribution in [2.75, 3.05) is 7.05 Å². The highest BCUT2D eigenvalue weighted by Gasteiger charge is 2.34. The van der Waals surface area contributed by atoms with Crippen molar-refractivity contribution < 1.29 is 18.0 Å². The molecule has 0 bridgehead atoms. The maximum absolute atomic E-state index is 12.5. The second-order valence-corrected chi connectivity index (χ2v) is 4.28. The minimum absolute atomic E-state index is 0.322.